The van der Waals surface area contributed by atoms with Gasteiger partial charge < -0.3 is 4.74 Å². The van der Waals surface area contributed by atoms with E-state index in [2.05, 4.69) is 20.8 Å². The van der Waals surface area contributed by atoms with Gasteiger partial charge in [0.25, 0.3) is 0 Å². The minimum absolute atomic E-state index is 0.0320. The Bertz CT molecular complexity index is 613. The van der Waals surface area contributed by atoms with Crippen LogP contribution in [-0.2, 0) is 9.53 Å². The molecule has 0 aliphatic heterocycles. The van der Waals surface area contributed by atoms with Crippen LogP contribution in [0.25, 0.3) is 0 Å². The molecule has 0 bridgehead atoms. The summed E-state index contributed by atoms with van der Waals surface area (Å²) in [5.74, 6) is 0.905. The molecule has 2 heteroatoms. The van der Waals surface area contributed by atoms with Crippen molar-refractivity contribution in [2.75, 3.05) is 6.61 Å². The summed E-state index contributed by atoms with van der Waals surface area (Å²) in [5.41, 5.74) is 0. The number of hydrogen-bond acceptors (Lipinski definition) is 2. The molecule has 0 amide bonds. The van der Waals surface area contributed by atoms with Crippen molar-refractivity contribution in [3.8, 4) is 0 Å². The average molecular weight is 705 g/mol. The van der Waals surface area contributed by atoms with Gasteiger partial charge in [-0.25, -0.2) is 0 Å². The summed E-state index contributed by atoms with van der Waals surface area (Å²) in [6.07, 6.45) is 58.0. The minimum Gasteiger partial charge on any atom is -0.466 e. The van der Waals surface area contributed by atoms with Gasteiger partial charge >= 0.3 is 5.97 Å². The molecular formula is C48H96O2. The molecule has 0 aromatic rings. The molecule has 0 aromatic carbocycles. The number of esters is 1. The second-order valence-corrected chi connectivity index (χ2v) is 16.9. The fourth-order valence-corrected chi connectivity index (χ4v) is 7.62. The van der Waals surface area contributed by atoms with Crippen LogP contribution in [0.15, 0.2) is 0 Å². The monoisotopic (exact) mass is 705 g/mol. The van der Waals surface area contributed by atoms with Gasteiger partial charge in [0, 0.05) is 6.42 Å². The summed E-state index contributed by atoms with van der Waals surface area (Å²) in [6, 6.07) is 0. The molecule has 0 aliphatic rings. The number of ether oxygens (including phenoxy) is 1. The summed E-state index contributed by atoms with van der Waals surface area (Å²) < 4.78 is 5.48. The van der Waals surface area contributed by atoms with Gasteiger partial charge in [0.1, 0.15) is 0 Å². The Morgan fingerprint density at radius 3 is 0.860 bits per heavy atom. The smallest absolute Gasteiger partial charge is 0.305 e. The Kier molecular flexibility index (Phi) is 44.2. The molecule has 0 unspecified atom stereocenters. The van der Waals surface area contributed by atoms with Crippen molar-refractivity contribution >= 4 is 5.97 Å². The van der Waals surface area contributed by atoms with Crippen LogP contribution in [-0.4, -0.2) is 12.6 Å². The van der Waals surface area contributed by atoms with Crippen LogP contribution < -0.4 is 0 Å². The van der Waals surface area contributed by atoms with E-state index in [1.807, 2.05) is 0 Å². The van der Waals surface area contributed by atoms with E-state index >= 15 is 0 Å². The van der Waals surface area contributed by atoms with E-state index in [9.17, 15) is 4.79 Å². The molecule has 300 valence electrons. The van der Waals surface area contributed by atoms with Gasteiger partial charge in [-0.1, -0.05) is 271 Å². The topological polar surface area (TPSA) is 26.3 Å². The lowest BCUT2D eigenvalue weighted by Gasteiger charge is -2.06. The highest BCUT2D eigenvalue weighted by atomic mass is 16.5. The zero-order valence-corrected chi connectivity index (χ0v) is 35.3. The van der Waals surface area contributed by atoms with E-state index < -0.39 is 0 Å². The highest BCUT2D eigenvalue weighted by Crippen LogP contribution is 2.17. The van der Waals surface area contributed by atoms with Gasteiger partial charge in [-0.05, 0) is 18.8 Å². The van der Waals surface area contributed by atoms with Crippen LogP contribution >= 0.6 is 0 Å². The minimum atomic E-state index is 0.0320. The molecule has 0 saturated heterocycles. The molecule has 0 aromatic heterocycles. The molecular weight excluding hydrogens is 609 g/mol. The largest absolute Gasteiger partial charge is 0.466 e. The standard InChI is InChI=1S/C48H96O2/c1-4-5-6-7-8-9-10-11-12-13-14-15-16-17-18-19-20-21-22-23-24-27-30-33-36-39-42-45-48(49)50-46-43-40-37-34-31-28-25-26-29-32-35-38-41-44-47(2)3/h47H,4-46H2,1-3H3. The number of rotatable bonds is 44. The molecule has 0 N–H and O–H groups in total. The molecule has 50 heavy (non-hydrogen) atoms. The first kappa shape index (κ1) is 49.5. The zero-order valence-electron chi connectivity index (χ0n) is 35.3. The molecule has 0 aliphatic carbocycles. The van der Waals surface area contributed by atoms with Crippen LogP contribution in [0.5, 0.6) is 0 Å². The lowest BCUT2D eigenvalue weighted by molar-refractivity contribution is -0.143. The first-order valence-corrected chi connectivity index (χ1v) is 23.8. The fourth-order valence-electron chi connectivity index (χ4n) is 7.62. The van der Waals surface area contributed by atoms with Crippen LogP contribution in [0.1, 0.15) is 290 Å². The third kappa shape index (κ3) is 45.5. The van der Waals surface area contributed by atoms with Gasteiger partial charge in [0.2, 0.25) is 0 Å². The molecule has 0 saturated carbocycles. The van der Waals surface area contributed by atoms with Crippen molar-refractivity contribution in [2.24, 2.45) is 5.92 Å². The number of carbonyl (C=O) groups excluding carboxylic acids is 1. The summed E-state index contributed by atoms with van der Waals surface area (Å²) >= 11 is 0. The third-order valence-corrected chi connectivity index (χ3v) is 11.2. The van der Waals surface area contributed by atoms with Gasteiger partial charge in [-0.2, -0.15) is 0 Å². The maximum absolute atomic E-state index is 12.0. The molecule has 0 fully saturated rings. The van der Waals surface area contributed by atoms with Crippen molar-refractivity contribution in [2.45, 2.75) is 290 Å². The van der Waals surface area contributed by atoms with Crippen LogP contribution in [0.4, 0.5) is 0 Å². The van der Waals surface area contributed by atoms with Crippen molar-refractivity contribution in [1.29, 1.82) is 0 Å². The van der Waals surface area contributed by atoms with Crippen molar-refractivity contribution in [3.63, 3.8) is 0 Å². The van der Waals surface area contributed by atoms with Crippen LogP contribution in [0.2, 0.25) is 0 Å². The normalized spacial score (nSPS) is 11.6. The number of hydrogen-bond donors (Lipinski definition) is 0. The first-order chi connectivity index (χ1) is 24.7. The first-order valence-electron chi connectivity index (χ1n) is 23.8. The maximum Gasteiger partial charge on any atom is 0.305 e. The van der Waals surface area contributed by atoms with Crippen LogP contribution in [0, 0.1) is 5.92 Å². The van der Waals surface area contributed by atoms with E-state index in [1.165, 1.54) is 250 Å². The average Bonchev–Trinajstić information content (AvgIpc) is 3.11. The predicted octanol–water partition coefficient (Wildman–Crippen LogP) is 17.6. The zero-order chi connectivity index (χ0) is 36.3. The summed E-state index contributed by atoms with van der Waals surface area (Å²) in [4.78, 5) is 12.0. The highest BCUT2D eigenvalue weighted by molar-refractivity contribution is 5.69. The number of carbonyl (C=O) groups is 1. The molecule has 2 nitrogen and oxygen atoms in total. The molecule has 0 heterocycles. The molecule has 0 atom stereocenters. The van der Waals surface area contributed by atoms with Crippen LogP contribution in [0.3, 0.4) is 0 Å². The second kappa shape index (κ2) is 44.6. The number of unbranched alkanes of at least 4 members (excludes halogenated alkanes) is 38. The van der Waals surface area contributed by atoms with E-state index in [-0.39, 0.29) is 5.97 Å². The Hall–Kier alpha value is -0.530. The predicted molar refractivity (Wildman–Crippen MR) is 225 cm³/mol. The summed E-state index contributed by atoms with van der Waals surface area (Å²) in [6.45, 7) is 7.61. The van der Waals surface area contributed by atoms with E-state index in [1.54, 1.807) is 0 Å². The van der Waals surface area contributed by atoms with Crippen molar-refractivity contribution < 1.29 is 9.53 Å². The van der Waals surface area contributed by atoms with E-state index in [0.29, 0.717) is 13.0 Å². The lowest BCUT2D eigenvalue weighted by Crippen LogP contribution is -2.05. The summed E-state index contributed by atoms with van der Waals surface area (Å²) in [5, 5.41) is 0. The van der Waals surface area contributed by atoms with Gasteiger partial charge in [-0.3, -0.25) is 4.79 Å². The van der Waals surface area contributed by atoms with Crippen molar-refractivity contribution in [1.82, 2.24) is 0 Å². The quantitative estimate of drug-likeness (QED) is 0.0466. The third-order valence-electron chi connectivity index (χ3n) is 11.2. The SMILES string of the molecule is CCCCCCCCCCCCCCCCCCCCCCCCCCCCCC(=O)OCCCCCCCCCCCCCCCC(C)C. The molecule has 0 radical (unpaired) electrons. The Balaban J connectivity index is 3.14. The van der Waals surface area contributed by atoms with E-state index in [0.717, 1.165) is 18.8 Å². The van der Waals surface area contributed by atoms with Gasteiger partial charge in [0.05, 0.1) is 6.61 Å². The Labute approximate surface area is 317 Å². The Morgan fingerprint density at radius 2 is 0.580 bits per heavy atom. The summed E-state index contributed by atoms with van der Waals surface area (Å²) in [7, 11) is 0. The fraction of sp³-hybridized carbons (Fsp3) is 0.979. The lowest BCUT2D eigenvalue weighted by atomic mass is 10.0. The van der Waals surface area contributed by atoms with Gasteiger partial charge in [0.15, 0.2) is 0 Å². The Morgan fingerprint density at radius 1 is 0.340 bits per heavy atom. The maximum atomic E-state index is 12.0. The molecule has 0 spiro atoms. The molecule has 0 rings (SSSR count). The van der Waals surface area contributed by atoms with E-state index in [4.69, 9.17) is 4.74 Å². The van der Waals surface area contributed by atoms with Crippen molar-refractivity contribution in [3.05, 3.63) is 0 Å². The highest BCUT2D eigenvalue weighted by Gasteiger charge is 2.03. The van der Waals surface area contributed by atoms with Gasteiger partial charge in [-0.15, -0.1) is 0 Å². The second-order valence-electron chi connectivity index (χ2n) is 16.9.